The number of ether oxygens (including phenoxy) is 1. The molecule has 2 rings (SSSR count). The van der Waals surface area contributed by atoms with E-state index < -0.39 is 0 Å². The van der Waals surface area contributed by atoms with Crippen molar-refractivity contribution in [2.24, 2.45) is 5.92 Å². The van der Waals surface area contributed by atoms with E-state index in [0.717, 1.165) is 13.0 Å². The number of cyclic esters (lactones) is 1. The van der Waals surface area contributed by atoms with E-state index in [1.807, 2.05) is 0 Å². The molecule has 72 valence electrons. The van der Waals surface area contributed by atoms with Crippen LogP contribution in [0.15, 0.2) is 0 Å². The van der Waals surface area contributed by atoms with Crippen LogP contribution in [0.4, 0.5) is 0 Å². The minimum Gasteiger partial charge on any atom is -0.461 e. The highest BCUT2D eigenvalue weighted by molar-refractivity contribution is 5.82. The molecule has 2 heterocycles. The number of amides is 1. The van der Waals surface area contributed by atoms with Gasteiger partial charge in [-0.1, -0.05) is 0 Å². The third-order valence-corrected chi connectivity index (χ3v) is 2.83. The summed E-state index contributed by atoms with van der Waals surface area (Å²) in [6.07, 6.45) is 1.86. The Kier molecular flexibility index (Phi) is 1.98. The lowest BCUT2D eigenvalue weighted by atomic mass is 9.99. The average Bonchev–Trinajstić information content (AvgIpc) is 2.62. The largest absolute Gasteiger partial charge is 0.461 e. The number of carbonyl (C=O) groups excluding carboxylic acids is 2. The van der Waals surface area contributed by atoms with Crippen LogP contribution in [0.2, 0.25) is 0 Å². The number of esters is 1. The molecule has 13 heavy (non-hydrogen) atoms. The third-order valence-electron chi connectivity index (χ3n) is 2.83. The van der Waals surface area contributed by atoms with Gasteiger partial charge in [0, 0.05) is 20.0 Å². The molecule has 2 atom stereocenters. The first kappa shape index (κ1) is 8.53. The molecule has 2 aliphatic heterocycles. The molecule has 1 amide bonds. The predicted octanol–water partition coefficient (Wildman–Crippen LogP) is 0.170. The van der Waals surface area contributed by atoms with Crippen molar-refractivity contribution in [1.29, 1.82) is 0 Å². The van der Waals surface area contributed by atoms with Gasteiger partial charge in [-0.25, -0.2) is 0 Å². The molecule has 0 spiro atoms. The van der Waals surface area contributed by atoms with E-state index in [4.69, 9.17) is 4.74 Å². The maximum Gasteiger partial charge on any atom is 0.306 e. The van der Waals surface area contributed by atoms with Crippen molar-refractivity contribution in [3.05, 3.63) is 0 Å². The molecule has 4 nitrogen and oxygen atoms in total. The zero-order valence-electron chi connectivity index (χ0n) is 7.66. The van der Waals surface area contributed by atoms with Crippen molar-refractivity contribution < 1.29 is 14.3 Å². The van der Waals surface area contributed by atoms with E-state index >= 15 is 0 Å². The first-order valence-corrected chi connectivity index (χ1v) is 4.63. The SMILES string of the molecule is CN1CCC(C2CCC(=O)O2)C1=O. The zero-order chi connectivity index (χ0) is 9.42. The first-order chi connectivity index (χ1) is 6.18. The van der Waals surface area contributed by atoms with Crippen LogP contribution in [0.25, 0.3) is 0 Å². The number of likely N-dealkylation sites (tertiary alicyclic amines) is 1. The molecule has 2 unspecified atom stereocenters. The molecule has 2 aliphatic rings. The van der Waals surface area contributed by atoms with Crippen LogP contribution in [0.1, 0.15) is 19.3 Å². The van der Waals surface area contributed by atoms with Crippen LogP contribution >= 0.6 is 0 Å². The fraction of sp³-hybridized carbons (Fsp3) is 0.778. The Bertz CT molecular complexity index is 251. The molecule has 2 fully saturated rings. The monoisotopic (exact) mass is 183 g/mol. The topological polar surface area (TPSA) is 46.6 Å². The maximum atomic E-state index is 11.5. The second-order valence-electron chi connectivity index (χ2n) is 3.72. The number of hydrogen-bond acceptors (Lipinski definition) is 3. The highest BCUT2D eigenvalue weighted by Gasteiger charge is 2.40. The maximum absolute atomic E-state index is 11.5. The lowest BCUT2D eigenvalue weighted by molar-refractivity contribution is -0.145. The predicted molar refractivity (Wildman–Crippen MR) is 44.9 cm³/mol. The van der Waals surface area contributed by atoms with E-state index in [-0.39, 0.29) is 23.9 Å². The van der Waals surface area contributed by atoms with E-state index in [0.29, 0.717) is 12.8 Å². The van der Waals surface area contributed by atoms with E-state index in [2.05, 4.69) is 0 Å². The van der Waals surface area contributed by atoms with Crippen LogP contribution in [0.5, 0.6) is 0 Å². The van der Waals surface area contributed by atoms with Crippen molar-refractivity contribution in [2.45, 2.75) is 25.4 Å². The summed E-state index contributed by atoms with van der Waals surface area (Å²) in [5, 5.41) is 0. The smallest absolute Gasteiger partial charge is 0.306 e. The summed E-state index contributed by atoms with van der Waals surface area (Å²) in [6.45, 7) is 0.789. The summed E-state index contributed by atoms with van der Waals surface area (Å²) in [5.41, 5.74) is 0. The van der Waals surface area contributed by atoms with Crippen LogP contribution in [0, 0.1) is 5.92 Å². The van der Waals surface area contributed by atoms with E-state index in [9.17, 15) is 9.59 Å². The minimum absolute atomic E-state index is 0.0727. The number of nitrogens with zero attached hydrogens (tertiary/aromatic N) is 1. The Morgan fingerprint density at radius 3 is 2.62 bits per heavy atom. The lowest BCUT2D eigenvalue weighted by Crippen LogP contribution is -2.29. The van der Waals surface area contributed by atoms with Gasteiger partial charge in [-0.15, -0.1) is 0 Å². The van der Waals surface area contributed by atoms with E-state index in [1.54, 1.807) is 11.9 Å². The van der Waals surface area contributed by atoms with Gasteiger partial charge in [0.15, 0.2) is 0 Å². The highest BCUT2D eigenvalue weighted by atomic mass is 16.5. The molecule has 0 aliphatic carbocycles. The van der Waals surface area contributed by atoms with Crippen LogP contribution in [0.3, 0.4) is 0 Å². The van der Waals surface area contributed by atoms with Gasteiger partial charge >= 0.3 is 5.97 Å². The van der Waals surface area contributed by atoms with Crippen LogP contribution in [-0.4, -0.2) is 36.5 Å². The van der Waals surface area contributed by atoms with Crippen molar-refractivity contribution in [2.75, 3.05) is 13.6 Å². The van der Waals surface area contributed by atoms with Crippen LogP contribution in [-0.2, 0) is 14.3 Å². The molecule has 2 saturated heterocycles. The number of carbonyl (C=O) groups is 2. The summed E-state index contributed by atoms with van der Waals surface area (Å²) in [7, 11) is 1.79. The standard InChI is InChI=1S/C9H13NO3/c1-10-5-4-6(9(10)12)7-2-3-8(11)13-7/h6-7H,2-5H2,1H3. The zero-order valence-corrected chi connectivity index (χ0v) is 7.66. The summed E-state index contributed by atoms with van der Waals surface area (Å²) >= 11 is 0. The molecule has 0 radical (unpaired) electrons. The molecular formula is C9H13NO3. The van der Waals surface area contributed by atoms with Gasteiger partial charge in [0.05, 0.1) is 5.92 Å². The van der Waals surface area contributed by atoms with Gasteiger partial charge in [0.1, 0.15) is 6.10 Å². The number of rotatable bonds is 1. The van der Waals surface area contributed by atoms with Crippen molar-refractivity contribution >= 4 is 11.9 Å². The Labute approximate surface area is 76.8 Å². The van der Waals surface area contributed by atoms with E-state index in [1.165, 1.54) is 0 Å². The molecule has 4 heteroatoms. The van der Waals surface area contributed by atoms with Gasteiger partial charge in [-0.05, 0) is 12.8 Å². The Balaban J connectivity index is 2.02. The second kappa shape index (κ2) is 3.01. The molecular weight excluding hydrogens is 170 g/mol. The van der Waals surface area contributed by atoms with Crippen molar-refractivity contribution in [1.82, 2.24) is 4.90 Å². The van der Waals surface area contributed by atoms with Gasteiger partial charge in [0.25, 0.3) is 0 Å². The molecule has 0 saturated carbocycles. The molecule has 0 N–H and O–H groups in total. The summed E-state index contributed by atoms with van der Waals surface area (Å²) in [6, 6.07) is 0. The quantitative estimate of drug-likeness (QED) is 0.544. The third kappa shape index (κ3) is 1.41. The first-order valence-electron chi connectivity index (χ1n) is 4.63. The fourth-order valence-electron chi connectivity index (χ4n) is 2.02. The average molecular weight is 183 g/mol. The van der Waals surface area contributed by atoms with Gasteiger partial charge in [-0.2, -0.15) is 0 Å². The van der Waals surface area contributed by atoms with Crippen LogP contribution < -0.4 is 0 Å². The Morgan fingerprint density at radius 1 is 1.38 bits per heavy atom. The van der Waals surface area contributed by atoms with Crippen molar-refractivity contribution in [3.63, 3.8) is 0 Å². The van der Waals surface area contributed by atoms with Gasteiger partial charge in [-0.3, -0.25) is 9.59 Å². The van der Waals surface area contributed by atoms with Gasteiger partial charge < -0.3 is 9.64 Å². The minimum atomic E-state index is -0.160. The Morgan fingerprint density at radius 2 is 2.15 bits per heavy atom. The molecule has 0 aromatic heterocycles. The summed E-state index contributed by atoms with van der Waals surface area (Å²) < 4.78 is 5.08. The fourth-order valence-corrected chi connectivity index (χ4v) is 2.02. The highest BCUT2D eigenvalue weighted by Crippen LogP contribution is 2.28. The lowest BCUT2D eigenvalue weighted by Gasteiger charge is -2.15. The summed E-state index contributed by atoms with van der Waals surface area (Å²) in [5.74, 6) is -0.108. The summed E-state index contributed by atoms with van der Waals surface area (Å²) in [4.78, 5) is 24.1. The normalized spacial score (nSPS) is 34.1. The van der Waals surface area contributed by atoms with Gasteiger partial charge in [0.2, 0.25) is 5.91 Å². The molecule has 0 aromatic rings. The Hall–Kier alpha value is -1.06. The van der Waals surface area contributed by atoms with Crippen molar-refractivity contribution in [3.8, 4) is 0 Å². The number of hydrogen-bond donors (Lipinski definition) is 0. The molecule has 0 aromatic carbocycles. The second-order valence-corrected chi connectivity index (χ2v) is 3.72. The molecule has 0 bridgehead atoms.